The lowest BCUT2D eigenvalue weighted by Gasteiger charge is -2.02. The molecule has 2 N–H and O–H groups in total. The minimum Gasteiger partial charge on any atom is -0.381 e. The molecule has 0 bridgehead atoms. The van der Waals surface area contributed by atoms with Crippen molar-refractivity contribution < 1.29 is 4.52 Å². The van der Waals surface area contributed by atoms with E-state index in [0.717, 1.165) is 20.5 Å². The van der Waals surface area contributed by atoms with Crippen LogP contribution >= 0.6 is 22.9 Å². The zero-order valence-electron chi connectivity index (χ0n) is 8.45. The molecular formula is C10H11ClN2OS. The number of nitrogens with zero attached hydrogens (tertiary/aromatic N) is 1. The van der Waals surface area contributed by atoms with Crippen molar-refractivity contribution in [3.63, 3.8) is 0 Å². The molecule has 80 valence electrons. The highest BCUT2D eigenvalue weighted by Gasteiger charge is 2.19. The van der Waals surface area contributed by atoms with Crippen molar-refractivity contribution in [1.82, 2.24) is 5.16 Å². The Morgan fingerprint density at radius 2 is 2.20 bits per heavy atom. The highest BCUT2D eigenvalue weighted by atomic mass is 35.5. The molecule has 0 aliphatic carbocycles. The maximum atomic E-state index is 5.87. The average molecular weight is 243 g/mol. The van der Waals surface area contributed by atoms with Gasteiger partial charge in [0.05, 0.1) is 9.21 Å². The Hall–Kier alpha value is -1.000. The number of anilines is 1. The molecule has 0 radical (unpaired) electrons. The van der Waals surface area contributed by atoms with Gasteiger partial charge in [0.1, 0.15) is 0 Å². The molecule has 3 nitrogen and oxygen atoms in total. The number of rotatable bonds is 2. The van der Waals surface area contributed by atoms with E-state index in [1.807, 2.05) is 12.1 Å². The van der Waals surface area contributed by atoms with Gasteiger partial charge in [0.15, 0.2) is 11.6 Å². The van der Waals surface area contributed by atoms with Crippen molar-refractivity contribution in [3.8, 4) is 10.6 Å². The van der Waals surface area contributed by atoms with E-state index in [9.17, 15) is 0 Å². The summed E-state index contributed by atoms with van der Waals surface area (Å²) in [5.41, 5.74) is 6.71. The van der Waals surface area contributed by atoms with Crippen molar-refractivity contribution in [2.45, 2.75) is 19.8 Å². The summed E-state index contributed by atoms with van der Waals surface area (Å²) >= 11 is 7.34. The fourth-order valence-corrected chi connectivity index (χ4v) is 2.52. The van der Waals surface area contributed by atoms with E-state index in [1.54, 1.807) is 0 Å². The normalized spacial score (nSPS) is 11.2. The van der Waals surface area contributed by atoms with Crippen LogP contribution in [0.5, 0.6) is 0 Å². The topological polar surface area (TPSA) is 52.0 Å². The lowest BCUT2D eigenvalue weighted by Crippen LogP contribution is -1.94. The first-order valence-corrected chi connectivity index (χ1v) is 5.79. The predicted octanol–water partition coefficient (Wildman–Crippen LogP) is 3.76. The number of aromatic nitrogens is 1. The molecule has 0 fully saturated rings. The second kappa shape index (κ2) is 3.87. The molecule has 0 spiro atoms. The highest BCUT2D eigenvalue weighted by Crippen LogP contribution is 2.38. The van der Waals surface area contributed by atoms with E-state index < -0.39 is 0 Å². The summed E-state index contributed by atoms with van der Waals surface area (Å²) in [7, 11) is 0. The Morgan fingerprint density at radius 3 is 2.73 bits per heavy atom. The first kappa shape index (κ1) is 10.5. The Bertz CT molecular complexity index is 475. The van der Waals surface area contributed by atoms with Gasteiger partial charge in [-0.2, -0.15) is 0 Å². The van der Waals surface area contributed by atoms with Crippen LogP contribution in [0.15, 0.2) is 16.7 Å². The van der Waals surface area contributed by atoms with Crippen LogP contribution in [0, 0.1) is 0 Å². The molecule has 0 saturated carbocycles. The molecule has 2 aromatic heterocycles. The van der Waals surface area contributed by atoms with Crippen LogP contribution in [-0.2, 0) is 0 Å². The van der Waals surface area contributed by atoms with E-state index in [4.69, 9.17) is 21.9 Å². The van der Waals surface area contributed by atoms with Gasteiger partial charge in [-0.1, -0.05) is 30.6 Å². The summed E-state index contributed by atoms with van der Waals surface area (Å²) < 4.78 is 5.96. The summed E-state index contributed by atoms with van der Waals surface area (Å²) in [6.07, 6.45) is 0. The number of halogens is 1. The van der Waals surface area contributed by atoms with Crippen molar-refractivity contribution in [2.24, 2.45) is 0 Å². The van der Waals surface area contributed by atoms with Crippen LogP contribution < -0.4 is 5.73 Å². The molecule has 0 aliphatic rings. The summed E-state index contributed by atoms with van der Waals surface area (Å²) in [6, 6.07) is 3.75. The minimum atomic E-state index is 0.284. The third kappa shape index (κ3) is 1.87. The second-order valence-electron chi connectivity index (χ2n) is 3.57. The summed E-state index contributed by atoms with van der Waals surface area (Å²) in [6.45, 7) is 4.11. The average Bonchev–Trinajstić information content (AvgIpc) is 2.71. The summed E-state index contributed by atoms with van der Waals surface area (Å²) in [4.78, 5) is 0.966. The maximum Gasteiger partial charge on any atom is 0.182 e. The largest absolute Gasteiger partial charge is 0.381 e. The van der Waals surface area contributed by atoms with Gasteiger partial charge in [-0.15, -0.1) is 11.3 Å². The lowest BCUT2D eigenvalue weighted by molar-refractivity contribution is 0.435. The minimum absolute atomic E-state index is 0.284. The van der Waals surface area contributed by atoms with Crippen molar-refractivity contribution in [3.05, 3.63) is 22.0 Å². The Morgan fingerprint density at radius 1 is 1.47 bits per heavy atom. The molecule has 0 aromatic carbocycles. The van der Waals surface area contributed by atoms with E-state index in [-0.39, 0.29) is 5.92 Å². The predicted molar refractivity (Wildman–Crippen MR) is 63.3 cm³/mol. The molecule has 2 heterocycles. The van der Waals surface area contributed by atoms with Crippen molar-refractivity contribution in [1.29, 1.82) is 0 Å². The summed E-state index contributed by atoms with van der Waals surface area (Å²) in [5, 5.41) is 3.79. The zero-order valence-corrected chi connectivity index (χ0v) is 10.0. The molecule has 0 saturated heterocycles. The van der Waals surface area contributed by atoms with Gasteiger partial charge in [0, 0.05) is 5.56 Å². The van der Waals surface area contributed by atoms with Gasteiger partial charge in [0.2, 0.25) is 0 Å². The third-order valence-electron chi connectivity index (χ3n) is 2.13. The first-order valence-electron chi connectivity index (χ1n) is 4.60. The van der Waals surface area contributed by atoms with Gasteiger partial charge in [-0.05, 0) is 18.1 Å². The molecule has 0 amide bonds. The van der Waals surface area contributed by atoms with Crippen molar-refractivity contribution in [2.75, 3.05) is 5.73 Å². The molecular weight excluding hydrogens is 232 g/mol. The second-order valence-corrected chi connectivity index (χ2v) is 5.28. The Kier molecular flexibility index (Phi) is 2.71. The molecule has 0 atom stereocenters. The van der Waals surface area contributed by atoms with Gasteiger partial charge in [-0.25, -0.2) is 0 Å². The van der Waals surface area contributed by atoms with Crippen LogP contribution in [0.3, 0.4) is 0 Å². The number of thiophene rings is 1. The van der Waals surface area contributed by atoms with Crippen LogP contribution in [-0.4, -0.2) is 5.16 Å². The van der Waals surface area contributed by atoms with E-state index >= 15 is 0 Å². The van der Waals surface area contributed by atoms with Crippen molar-refractivity contribution >= 4 is 28.8 Å². The quantitative estimate of drug-likeness (QED) is 0.872. The highest BCUT2D eigenvalue weighted by molar-refractivity contribution is 7.19. The Balaban J connectivity index is 2.53. The van der Waals surface area contributed by atoms with E-state index in [2.05, 4.69) is 19.0 Å². The first-order chi connectivity index (χ1) is 7.09. The number of hydrogen-bond donors (Lipinski definition) is 1. The van der Waals surface area contributed by atoms with Gasteiger partial charge < -0.3 is 10.3 Å². The SMILES string of the molecule is CC(C)c1c(N)noc1-c1ccc(Cl)s1. The molecule has 15 heavy (non-hydrogen) atoms. The van der Waals surface area contributed by atoms with Crippen LogP contribution in [0.4, 0.5) is 5.82 Å². The fraction of sp³-hybridized carbons (Fsp3) is 0.300. The maximum absolute atomic E-state index is 5.87. The third-order valence-corrected chi connectivity index (χ3v) is 3.36. The lowest BCUT2D eigenvalue weighted by atomic mass is 10.0. The molecule has 0 unspecified atom stereocenters. The molecule has 2 rings (SSSR count). The van der Waals surface area contributed by atoms with Gasteiger partial charge >= 0.3 is 0 Å². The number of nitrogens with two attached hydrogens (primary N) is 1. The van der Waals surface area contributed by atoms with Gasteiger partial charge in [0.25, 0.3) is 0 Å². The molecule has 0 aliphatic heterocycles. The fourth-order valence-electron chi connectivity index (χ4n) is 1.48. The summed E-state index contributed by atoms with van der Waals surface area (Å²) in [5.74, 6) is 1.48. The Labute approximate surface area is 96.8 Å². The van der Waals surface area contributed by atoms with E-state index in [0.29, 0.717) is 5.82 Å². The smallest absolute Gasteiger partial charge is 0.182 e. The standard InChI is InChI=1S/C10H11ClN2OS/c1-5(2)8-9(14-13-10(8)12)6-3-4-7(11)15-6/h3-5H,1-2H3,(H2,12,13). The van der Waals surface area contributed by atoms with Crippen LogP contribution in [0.25, 0.3) is 10.6 Å². The number of hydrogen-bond acceptors (Lipinski definition) is 4. The van der Waals surface area contributed by atoms with E-state index in [1.165, 1.54) is 11.3 Å². The van der Waals surface area contributed by atoms with Crippen LogP contribution in [0.2, 0.25) is 4.34 Å². The molecule has 2 aromatic rings. The number of nitrogen functional groups attached to an aromatic ring is 1. The van der Waals surface area contributed by atoms with Gasteiger partial charge in [-0.3, -0.25) is 0 Å². The van der Waals surface area contributed by atoms with Crippen LogP contribution in [0.1, 0.15) is 25.3 Å². The monoisotopic (exact) mass is 242 g/mol. The molecule has 5 heteroatoms. The zero-order chi connectivity index (χ0) is 11.0.